The fourth-order valence-electron chi connectivity index (χ4n) is 2.37. The first-order valence-corrected chi connectivity index (χ1v) is 6.88. The van der Waals surface area contributed by atoms with E-state index in [1.54, 1.807) is 16.9 Å². The monoisotopic (exact) mass is 287 g/mol. The van der Waals surface area contributed by atoms with Crippen molar-refractivity contribution in [1.29, 1.82) is 0 Å². The summed E-state index contributed by atoms with van der Waals surface area (Å²) in [6.07, 6.45) is 3.54. The van der Waals surface area contributed by atoms with Crippen LogP contribution >= 0.6 is 0 Å². The maximum atomic E-state index is 12.0. The molecule has 1 fully saturated rings. The quantitative estimate of drug-likeness (QED) is 0.853. The minimum atomic E-state index is -0.557. The van der Waals surface area contributed by atoms with Crippen LogP contribution in [0.15, 0.2) is 18.5 Å². The van der Waals surface area contributed by atoms with Crippen LogP contribution in [0.2, 0.25) is 0 Å². The molecule has 3 heterocycles. The zero-order valence-corrected chi connectivity index (χ0v) is 12.2. The average Bonchev–Trinajstić information content (AvgIpc) is 2.98. The molecule has 1 aliphatic heterocycles. The molecule has 21 heavy (non-hydrogen) atoms. The summed E-state index contributed by atoms with van der Waals surface area (Å²) in [4.78, 5) is 29.0. The van der Waals surface area contributed by atoms with Crippen molar-refractivity contribution in [2.24, 2.45) is 0 Å². The lowest BCUT2D eigenvalue weighted by molar-refractivity contribution is -0.136. The van der Waals surface area contributed by atoms with Crippen molar-refractivity contribution in [2.75, 3.05) is 12.4 Å². The Morgan fingerprint density at radius 2 is 2.14 bits per heavy atom. The molecule has 1 saturated heterocycles. The van der Waals surface area contributed by atoms with Crippen LogP contribution in [-0.2, 0) is 9.59 Å². The summed E-state index contributed by atoms with van der Waals surface area (Å²) >= 11 is 0. The Morgan fingerprint density at radius 3 is 2.76 bits per heavy atom. The van der Waals surface area contributed by atoms with Gasteiger partial charge in [-0.2, -0.15) is 5.10 Å². The topological polar surface area (TPSA) is 79.6 Å². The number of carbonyl (C=O) groups excluding carboxylic acids is 2. The molecule has 110 valence electrons. The van der Waals surface area contributed by atoms with E-state index in [9.17, 15) is 9.59 Å². The predicted molar refractivity (Wildman–Crippen MR) is 76.9 cm³/mol. The van der Waals surface area contributed by atoms with Crippen LogP contribution in [0, 0.1) is 0 Å². The summed E-state index contributed by atoms with van der Waals surface area (Å²) in [7, 11) is 1.50. The van der Waals surface area contributed by atoms with Crippen molar-refractivity contribution < 1.29 is 9.59 Å². The van der Waals surface area contributed by atoms with Gasteiger partial charge in [0.05, 0.1) is 12.1 Å². The summed E-state index contributed by atoms with van der Waals surface area (Å²) in [5.74, 6) is 0.463. The van der Waals surface area contributed by atoms with Crippen molar-refractivity contribution in [1.82, 2.24) is 19.5 Å². The number of amides is 2. The molecular formula is C14H17N5O2. The Kier molecular flexibility index (Phi) is 3.12. The van der Waals surface area contributed by atoms with Gasteiger partial charge in [-0.25, -0.2) is 9.50 Å². The summed E-state index contributed by atoms with van der Waals surface area (Å²) in [6.45, 7) is 4.13. The van der Waals surface area contributed by atoms with Gasteiger partial charge in [-0.3, -0.25) is 14.5 Å². The number of fused-ring (bicyclic) bond motifs is 1. The Balaban J connectivity index is 1.94. The molecule has 3 rings (SSSR count). The van der Waals surface area contributed by atoms with Crippen molar-refractivity contribution in [3.63, 3.8) is 0 Å². The Hall–Kier alpha value is -2.44. The molecule has 7 heteroatoms. The van der Waals surface area contributed by atoms with Crippen LogP contribution in [0.3, 0.4) is 0 Å². The van der Waals surface area contributed by atoms with E-state index in [-0.39, 0.29) is 18.2 Å². The fraction of sp³-hybridized carbons (Fsp3) is 0.429. The van der Waals surface area contributed by atoms with Crippen LogP contribution in [0.4, 0.5) is 5.82 Å². The number of aromatic nitrogens is 3. The summed E-state index contributed by atoms with van der Waals surface area (Å²) in [5.41, 5.74) is 1.76. The normalized spacial score (nSPS) is 19.0. The van der Waals surface area contributed by atoms with Gasteiger partial charge in [-0.15, -0.1) is 0 Å². The van der Waals surface area contributed by atoms with E-state index < -0.39 is 6.04 Å². The predicted octanol–water partition coefficient (Wildman–Crippen LogP) is 1.02. The fourth-order valence-corrected chi connectivity index (χ4v) is 2.37. The van der Waals surface area contributed by atoms with E-state index in [2.05, 4.69) is 29.2 Å². The van der Waals surface area contributed by atoms with E-state index in [1.807, 2.05) is 6.07 Å². The van der Waals surface area contributed by atoms with Crippen LogP contribution in [0.1, 0.15) is 31.9 Å². The maximum Gasteiger partial charge on any atom is 0.251 e. The number of hydrogen-bond donors (Lipinski definition) is 1. The molecule has 0 spiro atoms. The second-order valence-corrected chi connectivity index (χ2v) is 5.52. The highest BCUT2D eigenvalue weighted by Crippen LogP contribution is 2.22. The molecule has 1 unspecified atom stereocenters. The number of nitrogens with one attached hydrogen (secondary N) is 1. The molecule has 7 nitrogen and oxygen atoms in total. The lowest BCUT2D eigenvalue weighted by Crippen LogP contribution is -2.32. The number of likely N-dealkylation sites (tertiary alicyclic amines) is 1. The molecule has 0 bridgehead atoms. The second-order valence-electron chi connectivity index (χ2n) is 5.52. The number of nitrogens with zero attached hydrogens (tertiary/aromatic N) is 4. The van der Waals surface area contributed by atoms with E-state index in [0.29, 0.717) is 11.7 Å². The number of likely N-dealkylation sites (N-methyl/N-ethyl adjacent to an activating group) is 1. The van der Waals surface area contributed by atoms with Crippen LogP contribution in [-0.4, -0.2) is 44.4 Å². The molecule has 1 atom stereocenters. The molecule has 0 radical (unpaired) electrons. The number of carbonyl (C=O) groups is 2. The first-order chi connectivity index (χ1) is 9.97. The Labute approximate surface area is 122 Å². The van der Waals surface area contributed by atoms with Gasteiger partial charge in [-0.1, -0.05) is 13.8 Å². The average molecular weight is 287 g/mol. The highest BCUT2D eigenvalue weighted by molar-refractivity contribution is 6.06. The van der Waals surface area contributed by atoms with Crippen LogP contribution in [0.25, 0.3) is 5.52 Å². The van der Waals surface area contributed by atoms with E-state index in [4.69, 9.17) is 0 Å². The summed E-state index contributed by atoms with van der Waals surface area (Å²) in [5, 5.41) is 7.53. The summed E-state index contributed by atoms with van der Waals surface area (Å²) < 4.78 is 1.73. The zero-order valence-electron chi connectivity index (χ0n) is 12.2. The Bertz CT molecular complexity index is 721. The Morgan fingerprint density at radius 1 is 1.38 bits per heavy atom. The highest BCUT2D eigenvalue weighted by Gasteiger charge is 2.36. The third-order valence-electron chi connectivity index (χ3n) is 3.69. The third-order valence-corrected chi connectivity index (χ3v) is 3.69. The number of rotatable bonds is 3. The highest BCUT2D eigenvalue weighted by atomic mass is 16.2. The van der Waals surface area contributed by atoms with Gasteiger partial charge in [0.2, 0.25) is 5.91 Å². The standard InChI is InChI=1S/C14H17N5O2/c1-8(2)9-6-11-13(15-4-5-19(11)17-9)16-10-7-12(20)18(3)14(10)21/h4-6,8,10H,7H2,1-3H3,(H,15,16). The van der Waals surface area contributed by atoms with Crippen molar-refractivity contribution in [3.05, 3.63) is 24.2 Å². The van der Waals surface area contributed by atoms with Crippen molar-refractivity contribution >= 4 is 23.1 Å². The second kappa shape index (κ2) is 4.83. The van der Waals surface area contributed by atoms with Gasteiger partial charge in [0.15, 0.2) is 5.82 Å². The molecule has 2 amide bonds. The summed E-state index contributed by atoms with van der Waals surface area (Å²) in [6, 6.07) is 1.39. The van der Waals surface area contributed by atoms with Crippen molar-refractivity contribution in [3.8, 4) is 0 Å². The maximum absolute atomic E-state index is 12.0. The van der Waals surface area contributed by atoms with Gasteiger partial charge in [-0.05, 0) is 12.0 Å². The number of hydrogen-bond acceptors (Lipinski definition) is 5. The molecule has 1 aliphatic rings. The lowest BCUT2D eigenvalue weighted by atomic mass is 10.1. The third kappa shape index (κ3) is 2.24. The molecule has 1 N–H and O–H groups in total. The molecular weight excluding hydrogens is 270 g/mol. The number of imide groups is 1. The minimum absolute atomic E-state index is 0.156. The smallest absolute Gasteiger partial charge is 0.251 e. The van der Waals surface area contributed by atoms with Crippen LogP contribution in [0.5, 0.6) is 0 Å². The largest absolute Gasteiger partial charge is 0.356 e. The SMILES string of the molecule is CC(C)c1cc2c(NC3CC(=O)N(C)C3=O)nccn2n1. The molecule has 0 saturated carbocycles. The van der Waals surface area contributed by atoms with Gasteiger partial charge >= 0.3 is 0 Å². The van der Waals surface area contributed by atoms with Gasteiger partial charge in [0, 0.05) is 19.4 Å². The molecule has 2 aromatic rings. The van der Waals surface area contributed by atoms with Crippen LogP contribution < -0.4 is 5.32 Å². The van der Waals surface area contributed by atoms with Gasteiger partial charge in [0.25, 0.3) is 5.91 Å². The van der Waals surface area contributed by atoms with Gasteiger partial charge in [0.1, 0.15) is 11.6 Å². The van der Waals surface area contributed by atoms with E-state index in [0.717, 1.165) is 16.1 Å². The minimum Gasteiger partial charge on any atom is -0.356 e. The van der Waals surface area contributed by atoms with E-state index in [1.165, 1.54) is 7.05 Å². The molecule has 0 aromatic carbocycles. The van der Waals surface area contributed by atoms with E-state index >= 15 is 0 Å². The van der Waals surface area contributed by atoms with Crippen molar-refractivity contribution in [2.45, 2.75) is 32.2 Å². The zero-order chi connectivity index (χ0) is 15.1. The van der Waals surface area contributed by atoms with Gasteiger partial charge < -0.3 is 5.32 Å². The first kappa shape index (κ1) is 13.5. The molecule has 0 aliphatic carbocycles. The first-order valence-electron chi connectivity index (χ1n) is 6.88. The number of anilines is 1. The molecule has 2 aromatic heterocycles. The lowest BCUT2D eigenvalue weighted by Gasteiger charge is -2.12.